The van der Waals surface area contributed by atoms with Crippen molar-refractivity contribution in [2.75, 3.05) is 95.5 Å². The van der Waals surface area contributed by atoms with E-state index in [9.17, 15) is 38.7 Å². The molecular formula is C111H111Cl2F5N20O10. The summed E-state index contributed by atoms with van der Waals surface area (Å²) in [6, 6.07) is 16.7. The van der Waals surface area contributed by atoms with Gasteiger partial charge in [-0.1, -0.05) is 117 Å². The molecule has 764 valence electrons. The Morgan fingerprint density at radius 1 is 0.439 bits per heavy atom. The van der Waals surface area contributed by atoms with E-state index in [0.717, 1.165) is 63.9 Å². The van der Waals surface area contributed by atoms with Crippen LogP contribution in [0.2, 0.25) is 10.0 Å². The van der Waals surface area contributed by atoms with E-state index >= 15 is 31.5 Å². The largest absolute Gasteiger partial charge is 0.507 e. The number of phenols is 1. The number of phenolic OH excluding ortho intramolecular Hbond substituents is 1. The number of nitrogens with one attached hydrogen (secondary N) is 2. The third-order valence-corrected chi connectivity index (χ3v) is 30.7. The van der Waals surface area contributed by atoms with Crippen LogP contribution in [0.1, 0.15) is 169 Å². The topological polar surface area (TPSA) is 340 Å². The van der Waals surface area contributed by atoms with Gasteiger partial charge in [0.15, 0.2) is 23.3 Å². The SMILES string of the molecule is C=CC(=O)N1CC2C(=O)N(C)c3c(c4cc(Cl)c(-c5c(C)ccc6[nH]nc(N)c56)c(F)c4n(-c4c(C)ccnc4C(C)C)c3=O)N2CC1C.C=CC(=O)N1CC2C(=O)N(C)c3c(c4cc(Cl)c(-c5c(C)ccc6n[nH]c(C7CC7)c56)c(F)c4n(-c4c(C)ccnc4C(C)C)c3=O)N2CC1C.C=CC(=O)N1CC2C(=O)N(C)c3c(c4cc(F)c(-c5c(O)cccc5F)c(F)c4n(-c4c(C(C)C)ccnc4C(C)C)c3=O)N2CC1C. The second kappa shape index (κ2) is 37.8. The van der Waals surface area contributed by atoms with Crippen LogP contribution in [-0.4, -0.2) is 201 Å². The van der Waals surface area contributed by atoms with Crippen molar-refractivity contribution in [3.63, 3.8) is 0 Å². The minimum Gasteiger partial charge on any atom is -0.507 e. The van der Waals surface area contributed by atoms with Gasteiger partial charge in [-0.2, -0.15) is 10.2 Å². The average Bonchev–Trinajstić information content (AvgIpc) is 0.922. The molecule has 0 bridgehead atoms. The number of hydrogen-bond donors (Lipinski definition) is 4. The zero-order valence-corrected chi connectivity index (χ0v) is 86.6. The number of piperazine rings is 3. The first-order chi connectivity index (χ1) is 70.3. The normalized spacial score (nSPS) is 18.1. The molecular weight excluding hydrogens is 1940 g/mol. The Morgan fingerprint density at radius 3 is 1.22 bits per heavy atom. The molecule has 37 heteroatoms. The molecule has 6 amide bonds. The summed E-state index contributed by atoms with van der Waals surface area (Å²) in [4.78, 5) is 153. The highest BCUT2D eigenvalue weighted by molar-refractivity contribution is 6.36. The van der Waals surface area contributed by atoms with E-state index in [1.165, 1.54) is 61.0 Å². The molecule has 3 saturated heterocycles. The molecule has 6 atom stereocenters. The summed E-state index contributed by atoms with van der Waals surface area (Å²) < 4.78 is 88.9. The molecule has 0 spiro atoms. The lowest BCUT2D eigenvalue weighted by Crippen LogP contribution is -2.66. The minimum absolute atomic E-state index is 0.0154. The number of aromatic amines is 2. The Kier molecular flexibility index (Phi) is 25.9. The number of pyridine rings is 6. The number of aromatic hydroxyl groups is 1. The standard InChI is InChI=1S/C39H39ClFN7O3.C36H36ClFN8O3.C36H36F3N5O4/c1-8-27(49)46-17-26-38(50)45(7)37-36(47(26)16-21(46)6)23-15-24(40)29(28-19(4)9-12-25-30(28)33(44-43-25)22-10-11-22)31(41)35(23)48(39(37)51)34-20(5)13-14-42-32(34)18(2)3;1-8-24(47)44-15-23-35(48)43(7)33-32(45(23)14-19(44)6)20-13-21(37)26(25-17(4)9-10-22-27(25)34(39)42-41-22)28(38)31(20)46(36(33)49)30-18(5)11-12-40-29(30)16(2)3;1-8-26(46)42-16-24-35(47)41(7)34-33(43(24)15-19(42)6)21-14-23(38)28(27-22(37)10-9-11-25(27)45)29(39)31(21)44(36(34)48)32-20(17(2)3)12-13-40-30(32)18(4)5/h8-9,12-15,18,21-22,26H,1,10-11,16-17H2,2-7H3,(H,43,44);8-13,16,19,23H,1,14-15H2,2-7H3,(H3,39,41,42);8-14,17-19,24,45H,1,15-16H2,2-7H3. The number of rotatable bonds is 14. The molecule has 21 rings (SSSR count). The van der Waals surface area contributed by atoms with Crippen LogP contribution in [0.5, 0.6) is 5.75 Å². The number of carbonyl (C=O) groups excluding carboxylic acids is 6. The first-order valence-corrected chi connectivity index (χ1v) is 49.9. The smallest absolute Gasteiger partial charge is 0.281 e. The van der Waals surface area contributed by atoms with Crippen LogP contribution in [0, 0.1) is 56.8 Å². The number of aryl methyl sites for hydroxylation is 4. The fourth-order valence-electron chi connectivity index (χ4n) is 22.8. The van der Waals surface area contributed by atoms with Gasteiger partial charge in [0.2, 0.25) is 17.7 Å². The Hall–Kier alpha value is -15.4. The molecule has 1 saturated carbocycles. The predicted octanol–water partition coefficient (Wildman–Crippen LogP) is 18.5. The van der Waals surface area contributed by atoms with Gasteiger partial charge in [-0.3, -0.25) is 82.0 Å². The monoisotopic (exact) mass is 2050 g/mol. The van der Waals surface area contributed by atoms with Gasteiger partial charge in [0.05, 0.1) is 125 Å². The Morgan fingerprint density at radius 2 is 0.824 bits per heavy atom. The van der Waals surface area contributed by atoms with Crippen molar-refractivity contribution in [1.82, 2.24) is 63.7 Å². The zero-order valence-electron chi connectivity index (χ0n) is 85.0. The first kappa shape index (κ1) is 101. The number of fused-ring (bicyclic) bond motifs is 17. The lowest BCUT2D eigenvalue weighted by Gasteiger charge is -2.50. The van der Waals surface area contributed by atoms with Gasteiger partial charge in [-0.05, 0) is 192 Å². The maximum atomic E-state index is 18.2. The number of nitrogens with zero attached hydrogens (tertiary/aromatic N) is 17. The van der Waals surface area contributed by atoms with Crippen LogP contribution < -0.4 is 51.8 Å². The number of nitrogens with two attached hydrogens (primary N) is 1. The van der Waals surface area contributed by atoms with E-state index in [0.29, 0.717) is 101 Å². The molecule has 0 radical (unpaired) electrons. The van der Waals surface area contributed by atoms with Gasteiger partial charge in [0.1, 0.15) is 52.6 Å². The van der Waals surface area contributed by atoms with Crippen LogP contribution in [0.4, 0.5) is 61.9 Å². The molecule has 30 nitrogen and oxygen atoms in total. The van der Waals surface area contributed by atoms with E-state index in [1.807, 2.05) is 131 Å². The Balaban J connectivity index is 0.000000140. The number of benzene rings is 6. The minimum atomic E-state index is -1.27. The number of hydrogen-bond acceptors (Lipinski definition) is 19. The molecule has 6 aromatic carbocycles. The lowest BCUT2D eigenvalue weighted by molar-refractivity contribution is -0.132. The summed E-state index contributed by atoms with van der Waals surface area (Å²) in [5.41, 5.74) is 13.5. The number of aromatic nitrogens is 10. The fourth-order valence-corrected chi connectivity index (χ4v) is 23.3. The summed E-state index contributed by atoms with van der Waals surface area (Å²) in [5, 5.41) is 27.7. The third kappa shape index (κ3) is 15.7. The predicted molar refractivity (Wildman–Crippen MR) is 569 cm³/mol. The number of likely N-dealkylation sites (N-methyl/N-ethyl adjacent to an activating group) is 3. The van der Waals surface area contributed by atoms with Crippen molar-refractivity contribution in [3.05, 3.63) is 256 Å². The molecule has 14 aromatic rings. The van der Waals surface area contributed by atoms with Crippen LogP contribution in [0.25, 0.3) is 105 Å². The Bertz CT molecular complexity index is 8300. The van der Waals surface area contributed by atoms with Gasteiger partial charge < -0.3 is 54.9 Å². The fraction of sp³-hybridized carbons (Fsp3) is 0.333. The van der Waals surface area contributed by atoms with Crippen molar-refractivity contribution in [2.24, 2.45) is 0 Å². The summed E-state index contributed by atoms with van der Waals surface area (Å²) in [6.07, 6.45) is 10.6. The van der Waals surface area contributed by atoms with Gasteiger partial charge in [-0.15, -0.1) is 0 Å². The van der Waals surface area contributed by atoms with Crippen LogP contribution in [0.3, 0.4) is 0 Å². The van der Waals surface area contributed by atoms with Crippen molar-refractivity contribution in [3.8, 4) is 56.2 Å². The van der Waals surface area contributed by atoms with Crippen molar-refractivity contribution < 1.29 is 55.8 Å². The first-order valence-electron chi connectivity index (χ1n) is 49.2. The van der Waals surface area contributed by atoms with Crippen molar-refractivity contribution in [1.29, 1.82) is 0 Å². The average molecular weight is 2050 g/mol. The highest BCUT2D eigenvalue weighted by Gasteiger charge is 2.52. The highest BCUT2D eigenvalue weighted by atomic mass is 35.5. The maximum absolute atomic E-state index is 18.2. The number of halogens is 7. The third-order valence-electron chi connectivity index (χ3n) is 30.1. The molecule has 5 N–H and O–H groups in total. The van der Waals surface area contributed by atoms with E-state index in [1.54, 1.807) is 77.6 Å². The molecule has 14 heterocycles. The second-order valence-electron chi connectivity index (χ2n) is 40.6. The van der Waals surface area contributed by atoms with Gasteiger partial charge in [0.25, 0.3) is 34.4 Å². The van der Waals surface area contributed by atoms with Crippen LogP contribution in [-0.2, 0) is 28.8 Å². The van der Waals surface area contributed by atoms with Crippen molar-refractivity contribution in [2.45, 2.75) is 183 Å². The van der Waals surface area contributed by atoms with E-state index in [2.05, 4.69) is 55.1 Å². The lowest BCUT2D eigenvalue weighted by atomic mass is 9.91. The number of nitrogen functional groups attached to an aromatic ring is 1. The second-order valence-corrected chi connectivity index (χ2v) is 41.4. The number of carbonyl (C=O) groups is 6. The maximum Gasteiger partial charge on any atom is 0.281 e. The summed E-state index contributed by atoms with van der Waals surface area (Å²) in [7, 11) is 4.51. The number of amides is 6. The van der Waals surface area contributed by atoms with Gasteiger partial charge in [-0.25, -0.2) is 22.0 Å². The molecule has 6 unspecified atom stereocenters. The zero-order chi connectivity index (χ0) is 106. The van der Waals surface area contributed by atoms with Gasteiger partial charge >= 0.3 is 0 Å². The number of H-pyrrole nitrogens is 2. The van der Waals surface area contributed by atoms with Crippen LogP contribution in [0.15, 0.2) is 150 Å². The van der Waals surface area contributed by atoms with E-state index < -0.39 is 92.7 Å². The molecule has 6 aliphatic heterocycles. The summed E-state index contributed by atoms with van der Waals surface area (Å²) in [5.74, 6) is -7.96. The van der Waals surface area contributed by atoms with Gasteiger partial charge in [0, 0.05) is 133 Å². The van der Waals surface area contributed by atoms with E-state index in [-0.39, 0.29) is 182 Å². The molecule has 148 heavy (non-hydrogen) atoms. The molecule has 4 fully saturated rings. The Labute approximate surface area is 858 Å². The molecule has 8 aromatic heterocycles. The highest BCUT2D eigenvalue weighted by Crippen LogP contribution is 2.55. The molecule has 7 aliphatic rings. The summed E-state index contributed by atoms with van der Waals surface area (Å²) in [6.45, 7) is 39.8. The van der Waals surface area contributed by atoms with Crippen molar-refractivity contribution >= 4 is 153 Å². The quantitative estimate of drug-likeness (QED) is 0.0580. The van der Waals surface area contributed by atoms with E-state index in [4.69, 9.17) is 28.9 Å². The van der Waals surface area contributed by atoms with Crippen LogP contribution >= 0.6 is 23.2 Å². The summed E-state index contributed by atoms with van der Waals surface area (Å²) >= 11 is 14.3. The number of anilines is 7. The molecule has 1 aliphatic carbocycles.